The molecule has 2 aliphatic rings. The summed E-state index contributed by atoms with van der Waals surface area (Å²) in [6.45, 7) is 10.4. The van der Waals surface area contributed by atoms with Gasteiger partial charge in [-0.2, -0.15) is 0 Å². The van der Waals surface area contributed by atoms with E-state index in [1.165, 1.54) is 32.3 Å². The number of carbonyl (C=O) groups excluding carboxylic acids is 6. The Kier molecular flexibility index (Phi) is 14.8. The smallest absolute Gasteiger partial charge is 0.308 e. The number of nitrogens with zero attached hydrogens (tertiary/aromatic N) is 2. The highest BCUT2D eigenvalue weighted by Crippen LogP contribution is 2.45. The second kappa shape index (κ2) is 18.8. The van der Waals surface area contributed by atoms with Crippen LogP contribution < -0.4 is 16.0 Å². The number of nitrogens with one attached hydrogen (secondary N) is 3. The molecule has 0 saturated heterocycles. The standard InChI is InChI=1S/C40H57N5O8S/c1-9-40(20-30(21-40)41-25(5)46)39(51)44-34(28-15-16-28)37(49)45(7)32(23(2)3)19-33(53-26(6)47)36-43-31(22-54-36)35(48)42-29(17-24(4)38(50)52-8)18-27-13-11-10-12-14-27/h10-14,22-24,28-30,32-34H,9,15-21H2,1-8H3,(H,41,46)(H,42,48)(H,44,51)/t24-,29+,30?,32+,33+,34-,40?/m0/s1. The Morgan fingerprint density at radius 2 is 1.67 bits per heavy atom. The molecule has 0 bridgehead atoms. The van der Waals surface area contributed by atoms with Gasteiger partial charge in [0.2, 0.25) is 17.7 Å². The topological polar surface area (TPSA) is 173 Å². The number of hydrogen-bond acceptors (Lipinski definition) is 10. The quantitative estimate of drug-likeness (QED) is 0.171. The molecular formula is C40H57N5O8S. The van der Waals surface area contributed by atoms with Gasteiger partial charge in [0.1, 0.15) is 16.7 Å². The van der Waals surface area contributed by atoms with Gasteiger partial charge >= 0.3 is 11.9 Å². The minimum absolute atomic E-state index is 0.0301. The summed E-state index contributed by atoms with van der Waals surface area (Å²) in [6, 6.07) is 8.13. The van der Waals surface area contributed by atoms with Gasteiger partial charge in [-0.05, 0) is 62.3 Å². The van der Waals surface area contributed by atoms with Crippen LogP contribution in [0.4, 0.5) is 0 Å². The van der Waals surface area contributed by atoms with Gasteiger partial charge in [-0.25, -0.2) is 4.98 Å². The maximum Gasteiger partial charge on any atom is 0.308 e. The van der Waals surface area contributed by atoms with Crippen LogP contribution in [0.5, 0.6) is 0 Å². The number of rotatable bonds is 19. The number of hydrogen-bond donors (Lipinski definition) is 3. The molecule has 1 aromatic carbocycles. The van der Waals surface area contributed by atoms with Crippen molar-refractivity contribution in [3.63, 3.8) is 0 Å². The van der Waals surface area contributed by atoms with Crippen molar-refractivity contribution in [1.29, 1.82) is 0 Å². The van der Waals surface area contributed by atoms with Crippen molar-refractivity contribution in [2.24, 2.45) is 23.2 Å². The molecule has 13 nitrogen and oxygen atoms in total. The normalized spacial score (nSPS) is 20.6. The Labute approximate surface area is 322 Å². The van der Waals surface area contributed by atoms with Gasteiger partial charge in [0.05, 0.1) is 18.4 Å². The number of thiazole rings is 1. The zero-order valence-electron chi connectivity index (χ0n) is 32.8. The predicted octanol–water partition coefficient (Wildman–Crippen LogP) is 4.75. The second-order valence-corrected chi connectivity index (χ2v) is 16.3. The van der Waals surface area contributed by atoms with E-state index in [-0.39, 0.29) is 59.7 Å². The fraction of sp³-hybridized carbons (Fsp3) is 0.625. The molecule has 0 radical (unpaired) electrons. The molecule has 1 aromatic heterocycles. The maximum absolute atomic E-state index is 14.2. The third-order valence-electron chi connectivity index (χ3n) is 10.8. The lowest BCUT2D eigenvalue weighted by Gasteiger charge is -2.46. The van der Waals surface area contributed by atoms with Crippen molar-refractivity contribution in [2.45, 2.75) is 123 Å². The van der Waals surface area contributed by atoms with E-state index in [0.29, 0.717) is 37.1 Å². The van der Waals surface area contributed by atoms with Gasteiger partial charge in [-0.3, -0.25) is 28.8 Å². The van der Waals surface area contributed by atoms with Gasteiger partial charge in [-0.1, -0.05) is 58.0 Å². The maximum atomic E-state index is 14.2. The first-order valence-corrected chi connectivity index (χ1v) is 19.8. The minimum Gasteiger partial charge on any atom is -0.469 e. The fourth-order valence-corrected chi connectivity index (χ4v) is 8.35. The highest BCUT2D eigenvalue weighted by molar-refractivity contribution is 7.09. The van der Waals surface area contributed by atoms with E-state index in [2.05, 4.69) is 20.9 Å². The molecule has 2 aliphatic carbocycles. The monoisotopic (exact) mass is 767 g/mol. The summed E-state index contributed by atoms with van der Waals surface area (Å²) in [5, 5.41) is 11.1. The van der Waals surface area contributed by atoms with Crippen LogP contribution in [0.2, 0.25) is 0 Å². The average molecular weight is 768 g/mol. The fourth-order valence-electron chi connectivity index (χ4n) is 7.51. The molecule has 0 unspecified atom stereocenters. The van der Waals surface area contributed by atoms with Gasteiger partial charge in [-0.15, -0.1) is 11.3 Å². The van der Waals surface area contributed by atoms with Crippen LogP contribution in [-0.4, -0.2) is 83.8 Å². The number of aromatic nitrogens is 1. The molecule has 54 heavy (non-hydrogen) atoms. The van der Waals surface area contributed by atoms with Crippen LogP contribution in [0.3, 0.4) is 0 Å². The van der Waals surface area contributed by atoms with Crippen LogP contribution in [0.1, 0.15) is 114 Å². The van der Waals surface area contributed by atoms with Gasteiger partial charge < -0.3 is 30.3 Å². The van der Waals surface area contributed by atoms with Crippen LogP contribution >= 0.6 is 11.3 Å². The number of ether oxygens (including phenoxy) is 2. The van der Waals surface area contributed by atoms with Crippen molar-refractivity contribution in [3.05, 3.63) is 52.0 Å². The molecule has 14 heteroatoms. The first kappa shape index (κ1) is 42.4. The zero-order chi connectivity index (χ0) is 39.7. The van der Waals surface area contributed by atoms with Crippen LogP contribution in [0, 0.1) is 23.2 Å². The van der Waals surface area contributed by atoms with E-state index in [1.54, 1.807) is 24.3 Å². The Balaban J connectivity index is 1.48. The Morgan fingerprint density at radius 3 is 2.22 bits per heavy atom. The van der Waals surface area contributed by atoms with Gasteiger partial charge in [0, 0.05) is 50.8 Å². The predicted molar refractivity (Wildman–Crippen MR) is 204 cm³/mol. The number of carbonyl (C=O) groups is 6. The van der Waals surface area contributed by atoms with Crippen molar-refractivity contribution in [3.8, 4) is 0 Å². The molecule has 3 N–H and O–H groups in total. The van der Waals surface area contributed by atoms with Crippen molar-refractivity contribution < 1.29 is 38.2 Å². The second-order valence-electron chi connectivity index (χ2n) is 15.4. The lowest BCUT2D eigenvalue weighted by atomic mass is 9.63. The van der Waals surface area contributed by atoms with Gasteiger partial charge in [0.25, 0.3) is 5.91 Å². The molecule has 1 heterocycles. The molecule has 2 saturated carbocycles. The minimum atomic E-state index is -0.839. The molecule has 0 spiro atoms. The first-order valence-electron chi connectivity index (χ1n) is 19.0. The third-order valence-corrected chi connectivity index (χ3v) is 11.7. The largest absolute Gasteiger partial charge is 0.469 e. The van der Waals surface area contributed by atoms with Crippen LogP contribution in [0.15, 0.2) is 35.7 Å². The lowest BCUT2D eigenvalue weighted by molar-refractivity contribution is -0.150. The average Bonchev–Trinajstić information content (AvgIpc) is 3.83. The molecule has 2 aromatic rings. The number of benzene rings is 1. The summed E-state index contributed by atoms with van der Waals surface area (Å²) in [4.78, 5) is 83.9. The Hall–Kier alpha value is -4.33. The summed E-state index contributed by atoms with van der Waals surface area (Å²) in [5.74, 6) is -2.29. The summed E-state index contributed by atoms with van der Waals surface area (Å²) in [5.41, 5.74) is 0.520. The number of esters is 2. The molecule has 296 valence electrons. The first-order chi connectivity index (χ1) is 25.6. The molecular weight excluding hydrogens is 711 g/mol. The summed E-state index contributed by atoms with van der Waals surface area (Å²) >= 11 is 1.19. The number of likely N-dealkylation sites (N-methyl/N-ethyl adjacent to an activating group) is 1. The van der Waals surface area contributed by atoms with Crippen LogP contribution in [0.25, 0.3) is 0 Å². The third kappa shape index (κ3) is 11.1. The van der Waals surface area contributed by atoms with Gasteiger partial charge in [0.15, 0.2) is 6.10 Å². The van der Waals surface area contributed by atoms with E-state index in [9.17, 15) is 28.8 Å². The van der Waals surface area contributed by atoms with E-state index in [1.807, 2.05) is 51.1 Å². The number of amides is 4. The molecule has 5 atom stereocenters. The van der Waals surface area contributed by atoms with E-state index in [4.69, 9.17) is 9.47 Å². The summed E-state index contributed by atoms with van der Waals surface area (Å²) in [7, 11) is 3.05. The van der Waals surface area contributed by atoms with Crippen molar-refractivity contribution in [2.75, 3.05) is 14.2 Å². The van der Waals surface area contributed by atoms with Crippen LogP contribution in [-0.2, 0) is 39.9 Å². The summed E-state index contributed by atoms with van der Waals surface area (Å²) < 4.78 is 10.7. The number of methoxy groups -OCH3 is 1. The van der Waals surface area contributed by atoms with Crippen molar-refractivity contribution >= 4 is 46.9 Å². The molecule has 4 amide bonds. The lowest BCUT2D eigenvalue weighted by Crippen LogP contribution is -2.60. The van der Waals surface area contributed by atoms with E-state index >= 15 is 0 Å². The summed E-state index contributed by atoms with van der Waals surface area (Å²) in [6.07, 6.45) is 3.57. The zero-order valence-corrected chi connectivity index (χ0v) is 33.6. The Morgan fingerprint density at radius 1 is 1.00 bits per heavy atom. The highest BCUT2D eigenvalue weighted by Gasteiger charge is 2.51. The Bertz CT molecular complexity index is 1640. The SMILES string of the molecule is CCC1(C(=O)N[C@H](C(=O)N(C)[C@H](C[C@@H](OC(C)=O)c2nc(C(=O)N[C@@H](Cc3ccccc3)C[C@H](C)C(=O)OC)cs2)C(C)C)C2CC2)CC(NC(C)=O)C1. The van der Waals surface area contributed by atoms with E-state index in [0.717, 1.165) is 18.4 Å². The van der Waals surface area contributed by atoms with Crippen molar-refractivity contribution in [1.82, 2.24) is 25.8 Å². The molecule has 4 rings (SSSR count). The molecule has 2 fully saturated rings. The molecule has 0 aliphatic heterocycles. The van der Waals surface area contributed by atoms with E-state index < -0.39 is 41.4 Å². The highest BCUT2D eigenvalue weighted by atomic mass is 32.1.